The van der Waals surface area contributed by atoms with Gasteiger partial charge in [-0.25, -0.2) is 4.39 Å². The van der Waals surface area contributed by atoms with Crippen LogP contribution in [0.2, 0.25) is 0 Å². The molecule has 2 N–H and O–H groups in total. The van der Waals surface area contributed by atoms with Gasteiger partial charge in [-0.2, -0.15) is 0 Å². The number of halogens is 2. The molecule has 0 aliphatic rings. The van der Waals surface area contributed by atoms with Gasteiger partial charge in [0.15, 0.2) is 0 Å². The number of hydrogen-bond donors (Lipinski definition) is 1. The molecule has 0 spiro atoms. The molecule has 0 radical (unpaired) electrons. The van der Waals surface area contributed by atoms with Crippen molar-refractivity contribution in [3.8, 4) is 5.75 Å². The molecule has 0 fully saturated rings. The summed E-state index contributed by atoms with van der Waals surface area (Å²) in [5, 5.41) is 0. The molecule has 84 valence electrons. The van der Waals surface area contributed by atoms with E-state index in [1.165, 1.54) is 12.1 Å². The second-order valence-corrected chi connectivity index (χ2v) is 3.36. The van der Waals surface area contributed by atoms with Gasteiger partial charge in [-0.3, -0.25) is 4.39 Å². The average Bonchev–Trinajstić information content (AvgIpc) is 2.18. The minimum atomic E-state index is -0.442. The van der Waals surface area contributed by atoms with Crippen LogP contribution in [-0.2, 0) is 0 Å². The van der Waals surface area contributed by atoms with Crippen LogP contribution in [0.5, 0.6) is 5.75 Å². The summed E-state index contributed by atoms with van der Waals surface area (Å²) in [6.45, 7) is 1.58. The molecule has 1 aromatic rings. The van der Waals surface area contributed by atoms with Gasteiger partial charge in [0.25, 0.3) is 0 Å². The molecule has 15 heavy (non-hydrogen) atoms. The normalized spacial score (nSPS) is 12.5. The van der Waals surface area contributed by atoms with E-state index in [1.807, 2.05) is 0 Å². The number of rotatable bonds is 5. The first kappa shape index (κ1) is 11.9. The molecule has 4 heteroatoms. The first-order chi connectivity index (χ1) is 7.15. The number of alkyl halides is 1. The minimum absolute atomic E-state index is 0.231. The standard InChI is InChI=1S/C11H15F2NO/c1-8(14)10-4-3-9(13)7-11(10)15-6-2-5-12/h3-4,7-8H,2,5-6,14H2,1H3. The fraction of sp³-hybridized carbons (Fsp3) is 0.455. The zero-order valence-electron chi connectivity index (χ0n) is 8.67. The topological polar surface area (TPSA) is 35.2 Å². The summed E-state index contributed by atoms with van der Waals surface area (Å²) >= 11 is 0. The third-order valence-corrected chi connectivity index (χ3v) is 2.00. The monoisotopic (exact) mass is 215 g/mol. The largest absolute Gasteiger partial charge is 0.493 e. The molecule has 0 saturated carbocycles. The van der Waals surface area contributed by atoms with Crippen molar-refractivity contribution in [2.75, 3.05) is 13.3 Å². The highest BCUT2D eigenvalue weighted by Gasteiger charge is 2.09. The summed E-state index contributed by atoms with van der Waals surface area (Å²) in [5.74, 6) is 0.0214. The summed E-state index contributed by atoms with van der Waals surface area (Å²) in [6.07, 6.45) is 0.301. The quantitative estimate of drug-likeness (QED) is 0.766. The first-order valence-corrected chi connectivity index (χ1v) is 4.89. The fourth-order valence-electron chi connectivity index (χ4n) is 1.25. The Kier molecular flexibility index (Phi) is 4.49. The molecule has 0 amide bonds. The molecule has 0 saturated heterocycles. The third kappa shape index (κ3) is 3.47. The molecule has 1 unspecified atom stereocenters. The van der Waals surface area contributed by atoms with E-state index in [4.69, 9.17) is 10.5 Å². The van der Waals surface area contributed by atoms with Crippen LogP contribution in [0, 0.1) is 5.82 Å². The average molecular weight is 215 g/mol. The van der Waals surface area contributed by atoms with Crippen LogP contribution in [0.15, 0.2) is 18.2 Å². The predicted octanol–water partition coefficient (Wildman–Crippen LogP) is 2.58. The first-order valence-electron chi connectivity index (χ1n) is 4.89. The maximum Gasteiger partial charge on any atom is 0.126 e. The van der Waals surface area contributed by atoms with E-state index < -0.39 is 6.67 Å². The van der Waals surface area contributed by atoms with E-state index in [1.54, 1.807) is 13.0 Å². The number of nitrogens with two attached hydrogens (primary N) is 1. The summed E-state index contributed by atoms with van der Waals surface area (Å²) in [6, 6.07) is 3.97. The van der Waals surface area contributed by atoms with Crippen molar-refractivity contribution in [1.29, 1.82) is 0 Å². The molecule has 0 aliphatic carbocycles. The zero-order valence-corrected chi connectivity index (χ0v) is 8.67. The third-order valence-electron chi connectivity index (χ3n) is 2.00. The van der Waals surface area contributed by atoms with Crippen molar-refractivity contribution in [3.05, 3.63) is 29.6 Å². The van der Waals surface area contributed by atoms with Gasteiger partial charge in [-0.05, 0) is 13.0 Å². The van der Waals surface area contributed by atoms with Crippen LogP contribution in [0.3, 0.4) is 0 Å². The van der Waals surface area contributed by atoms with Crippen molar-refractivity contribution in [1.82, 2.24) is 0 Å². The van der Waals surface area contributed by atoms with E-state index in [0.717, 1.165) is 5.56 Å². The minimum Gasteiger partial charge on any atom is -0.493 e. The lowest BCUT2D eigenvalue weighted by atomic mass is 10.1. The molecule has 0 aliphatic heterocycles. The number of hydrogen-bond acceptors (Lipinski definition) is 2. The summed E-state index contributed by atoms with van der Waals surface area (Å²) in [7, 11) is 0. The molecule has 0 aromatic heterocycles. The molecule has 1 atom stereocenters. The highest BCUT2D eigenvalue weighted by Crippen LogP contribution is 2.24. The Hall–Kier alpha value is -1.16. The van der Waals surface area contributed by atoms with Crippen LogP contribution in [0.4, 0.5) is 8.78 Å². The van der Waals surface area contributed by atoms with Gasteiger partial charge in [-0.1, -0.05) is 6.07 Å². The van der Waals surface area contributed by atoms with E-state index in [9.17, 15) is 8.78 Å². The Labute approximate surface area is 88.0 Å². The second-order valence-electron chi connectivity index (χ2n) is 3.36. The van der Waals surface area contributed by atoms with Crippen LogP contribution in [0.1, 0.15) is 24.9 Å². The van der Waals surface area contributed by atoms with Crippen LogP contribution < -0.4 is 10.5 Å². The Balaban J connectivity index is 2.77. The molecule has 0 heterocycles. The molecule has 1 aromatic carbocycles. The molecule has 0 bridgehead atoms. The number of benzene rings is 1. The van der Waals surface area contributed by atoms with Gasteiger partial charge in [0.1, 0.15) is 11.6 Å². The van der Waals surface area contributed by atoms with Crippen LogP contribution in [0.25, 0.3) is 0 Å². The maximum absolute atomic E-state index is 12.9. The highest BCUT2D eigenvalue weighted by molar-refractivity contribution is 5.36. The predicted molar refractivity (Wildman–Crippen MR) is 55.1 cm³/mol. The van der Waals surface area contributed by atoms with Gasteiger partial charge in [0.05, 0.1) is 13.3 Å². The van der Waals surface area contributed by atoms with Crippen LogP contribution in [-0.4, -0.2) is 13.3 Å². The van der Waals surface area contributed by atoms with Crippen molar-refractivity contribution in [2.24, 2.45) is 5.73 Å². The van der Waals surface area contributed by atoms with Gasteiger partial charge in [0, 0.05) is 24.1 Å². The van der Waals surface area contributed by atoms with Crippen molar-refractivity contribution < 1.29 is 13.5 Å². The van der Waals surface area contributed by atoms with Gasteiger partial charge in [0.2, 0.25) is 0 Å². The van der Waals surface area contributed by atoms with Gasteiger partial charge < -0.3 is 10.5 Å². The lowest BCUT2D eigenvalue weighted by Crippen LogP contribution is -2.09. The molecule has 2 nitrogen and oxygen atoms in total. The van der Waals surface area contributed by atoms with E-state index in [2.05, 4.69) is 0 Å². The Morgan fingerprint density at radius 1 is 1.47 bits per heavy atom. The van der Waals surface area contributed by atoms with Crippen molar-refractivity contribution in [2.45, 2.75) is 19.4 Å². The highest BCUT2D eigenvalue weighted by atomic mass is 19.1. The Morgan fingerprint density at radius 2 is 2.20 bits per heavy atom. The van der Waals surface area contributed by atoms with Gasteiger partial charge in [-0.15, -0.1) is 0 Å². The van der Waals surface area contributed by atoms with E-state index >= 15 is 0 Å². The smallest absolute Gasteiger partial charge is 0.126 e. The number of ether oxygens (including phenoxy) is 1. The Bertz CT molecular complexity index is 315. The molecular weight excluding hydrogens is 200 g/mol. The molecule has 1 rings (SSSR count). The lowest BCUT2D eigenvalue weighted by molar-refractivity contribution is 0.285. The van der Waals surface area contributed by atoms with Crippen molar-refractivity contribution in [3.63, 3.8) is 0 Å². The van der Waals surface area contributed by atoms with E-state index in [-0.39, 0.29) is 18.5 Å². The van der Waals surface area contributed by atoms with Gasteiger partial charge >= 0.3 is 0 Å². The van der Waals surface area contributed by atoms with E-state index in [0.29, 0.717) is 12.2 Å². The summed E-state index contributed by atoms with van der Waals surface area (Å²) < 4.78 is 30.0. The second kappa shape index (κ2) is 5.66. The van der Waals surface area contributed by atoms with Crippen molar-refractivity contribution >= 4 is 0 Å². The molecular formula is C11H15F2NO. The summed E-state index contributed by atoms with van der Waals surface area (Å²) in [5.41, 5.74) is 6.42. The lowest BCUT2D eigenvalue weighted by Gasteiger charge is -2.13. The van der Waals surface area contributed by atoms with Crippen LogP contribution >= 0.6 is 0 Å². The summed E-state index contributed by atoms with van der Waals surface area (Å²) in [4.78, 5) is 0. The maximum atomic E-state index is 12.9. The fourth-order valence-corrected chi connectivity index (χ4v) is 1.25. The SMILES string of the molecule is CC(N)c1ccc(F)cc1OCCCF. The zero-order chi connectivity index (χ0) is 11.3. The Morgan fingerprint density at radius 3 is 2.80 bits per heavy atom.